The standard InChI is InChI=1S/C23H33N5O5/c1-6-32-21(29)28-20-25-16-12-11-14(31-5)13-15(16)19(27-20)24-17-9-7-8-10-18(17)26-22(30)33-23(2,3)4/h11-13,17-18H,6-10H2,1-5H3,(H,26,30)(H2,24,25,27,28,29)/t17-,18+/m0/s1. The first-order valence-electron chi connectivity index (χ1n) is 11.2. The molecule has 10 heteroatoms. The van der Waals surface area contributed by atoms with Crippen LogP contribution in [0.1, 0.15) is 53.4 Å². The van der Waals surface area contributed by atoms with E-state index in [0.717, 1.165) is 31.1 Å². The van der Waals surface area contributed by atoms with Gasteiger partial charge in [0.1, 0.15) is 17.2 Å². The zero-order valence-electron chi connectivity index (χ0n) is 19.9. The molecule has 1 saturated carbocycles. The molecule has 1 aliphatic rings. The van der Waals surface area contributed by atoms with Crippen molar-refractivity contribution in [1.82, 2.24) is 15.3 Å². The van der Waals surface area contributed by atoms with E-state index in [0.29, 0.717) is 17.1 Å². The van der Waals surface area contributed by atoms with E-state index in [2.05, 4.69) is 25.9 Å². The summed E-state index contributed by atoms with van der Waals surface area (Å²) in [5, 5.41) is 9.78. The van der Waals surface area contributed by atoms with E-state index in [9.17, 15) is 9.59 Å². The minimum absolute atomic E-state index is 0.0778. The van der Waals surface area contributed by atoms with Gasteiger partial charge in [-0.05, 0) is 58.7 Å². The van der Waals surface area contributed by atoms with Crippen molar-refractivity contribution in [3.63, 3.8) is 0 Å². The average molecular weight is 460 g/mol. The van der Waals surface area contributed by atoms with E-state index in [1.54, 1.807) is 26.2 Å². The van der Waals surface area contributed by atoms with Crippen LogP contribution in [-0.2, 0) is 9.47 Å². The number of nitrogens with zero attached hydrogens (tertiary/aromatic N) is 2. The number of benzene rings is 1. The van der Waals surface area contributed by atoms with Gasteiger partial charge in [0.2, 0.25) is 5.95 Å². The zero-order valence-corrected chi connectivity index (χ0v) is 19.9. The SMILES string of the molecule is CCOC(=O)Nc1nc(N[C@H]2CCCC[C@H]2NC(=O)OC(C)(C)C)c2cc(OC)ccc2n1. The average Bonchev–Trinajstić information content (AvgIpc) is 2.73. The first-order chi connectivity index (χ1) is 15.7. The van der Waals surface area contributed by atoms with Crippen molar-refractivity contribution in [2.24, 2.45) is 0 Å². The second-order valence-electron chi connectivity index (χ2n) is 8.91. The van der Waals surface area contributed by atoms with Crippen molar-refractivity contribution in [3.8, 4) is 5.75 Å². The molecule has 1 fully saturated rings. The molecule has 0 aliphatic heterocycles. The Bertz CT molecular complexity index is 991. The summed E-state index contributed by atoms with van der Waals surface area (Å²) >= 11 is 0. The fraction of sp³-hybridized carbons (Fsp3) is 0.565. The third-order valence-electron chi connectivity index (χ3n) is 5.18. The Morgan fingerprint density at radius 1 is 1.09 bits per heavy atom. The van der Waals surface area contributed by atoms with Crippen LogP contribution in [0.15, 0.2) is 18.2 Å². The van der Waals surface area contributed by atoms with Crippen molar-refractivity contribution in [1.29, 1.82) is 0 Å². The maximum Gasteiger partial charge on any atom is 0.414 e. The number of ether oxygens (including phenoxy) is 3. The van der Waals surface area contributed by atoms with Gasteiger partial charge in [-0.15, -0.1) is 0 Å². The highest BCUT2D eigenvalue weighted by molar-refractivity contribution is 5.93. The molecule has 2 aromatic rings. The monoisotopic (exact) mass is 459 g/mol. The Kier molecular flexibility index (Phi) is 7.78. The predicted octanol–water partition coefficient (Wildman–Crippen LogP) is 4.45. The Hall–Kier alpha value is -3.30. The molecule has 1 heterocycles. The Labute approximate surface area is 193 Å². The Balaban J connectivity index is 1.89. The summed E-state index contributed by atoms with van der Waals surface area (Å²) in [6, 6.07) is 5.22. The maximum atomic E-state index is 12.4. The van der Waals surface area contributed by atoms with Crippen molar-refractivity contribution in [2.45, 2.75) is 71.1 Å². The minimum atomic E-state index is -0.626. The van der Waals surface area contributed by atoms with Gasteiger partial charge in [-0.2, -0.15) is 4.98 Å². The molecule has 180 valence electrons. The van der Waals surface area contributed by atoms with Gasteiger partial charge in [0.15, 0.2) is 0 Å². The van der Waals surface area contributed by atoms with E-state index in [1.165, 1.54) is 0 Å². The van der Waals surface area contributed by atoms with Gasteiger partial charge in [-0.25, -0.2) is 14.6 Å². The minimum Gasteiger partial charge on any atom is -0.497 e. The van der Waals surface area contributed by atoms with Gasteiger partial charge >= 0.3 is 12.2 Å². The highest BCUT2D eigenvalue weighted by atomic mass is 16.6. The molecule has 3 N–H and O–H groups in total. The first kappa shape index (κ1) is 24.3. The molecule has 3 rings (SSSR count). The lowest BCUT2D eigenvalue weighted by atomic mass is 9.90. The number of nitrogens with one attached hydrogen (secondary N) is 3. The molecule has 0 bridgehead atoms. The summed E-state index contributed by atoms with van der Waals surface area (Å²) in [6.07, 6.45) is 2.61. The third-order valence-corrected chi connectivity index (χ3v) is 5.18. The summed E-state index contributed by atoms with van der Waals surface area (Å²) in [5.41, 5.74) is 0.0574. The van der Waals surface area contributed by atoms with Gasteiger partial charge < -0.3 is 24.8 Å². The lowest BCUT2D eigenvalue weighted by Crippen LogP contribution is -2.49. The van der Waals surface area contributed by atoms with E-state index in [-0.39, 0.29) is 24.6 Å². The van der Waals surface area contributed by atoms with Crippen LogP contribution >= 0.6 is 0 Å². The largest absolute Gasteiger partial charge is 0.497 e. The molecular formula is C23H33N5O5. The second-order valence-corrected chi connectivity index (χ2v) is 8.91. The fourth-order valence-electron chi connectivity index (χ4n) is 3.77. The normalized spacial score (nSPS) is 18.3. The fourth-order valence-corrected chi connectivity index (χ4v) is 3.77. The van der Waals surface area contributed by atoms with Gasteiger partial charge in [-0.1, -0.05) is 12.8 Å². The summed E-state index contributed by atoms with van der Waals surface area (Å²) in [7, 11) is 1.59. The zero-order chi connectivity index (χ0) is 24.0. The van der Waals surface area contributed by atoms with Crippen molar-refractivity contribution >= 4 is 34.9 Å². The number of alkyl carbamates (subject to hydrolysis) is 1. The van der Waals surface area contributed by atoms with Gasteiger partial charge in [0.25, 0.3) is 0 Å². The number of anilines is 2. The van der Waals surface area contributed by atoms with Crippen LogP contribution in [0, 0.1) is 0 Å². The van der Waals surface area contributed by atoms with Crippen LogP contribution in [0.2, 0.25) is 0 Å². The number of fused-ring (bicyclic) bond motifs is 1. The van der Waals surface area contributed by atoms with Crippen LogP contribution < -0.4 is 20.7 Å². The second kappa shape index (κ2) is 10.5. The molecule has 1 aromatic carbocycles. The highest BCUT2D eigenvalue weighted by Crippen LogP contribution is 2.29. The van der Waals surface area contributed by atoms with Crippen LogP contribution in [0.25, 0.3) is 10.9 Å². The number of hydrogen-bond donors (Lipinski definition) is 3. The van der Waals surface area contributed by atoms with Crippen LogP contribution in [0.3, 0.4) is 0 Å². The topological polar surface area (TPSA) is 124 Å². The number of carbonyl (C=O) groups is 2. The molecule has 0 radical (unpaired) electrons. The number of hydrogen-bond acceptors (Lipinski definition) is 8. The Morgan fingerprint density at radius 3 is 2.48 bits per heavy atom. The number of aromatic nitrogens is 2. The van der Waals surface area contributed by atoms with Crippen molar-refractivity contribution in [3.05, 3.63) is 18.2 Å². The number of methoxy groups -OCH3 is 1. The van der Waals surface area contributed by atoms with Gasteiger partial charge in [0, 0.05) is 11.4 Å². The van der Waals surface area contributed by atoms with Gasteiger partial charge in [0.05, 0.1) is 25.3 Å². The lowest BCUT2D eigenvalue weighted by molar-refractivity contribution is 0.0488. The number of carbonyl (C=O) groups excluding carboxylic acids is 2. The predicted molar refractivity (Wildman–Crippen MR) is 126 cm³/mol. The van der Waals surface area contributed by atoms with E-state index in [4.69, 9.17) is 14.2 Å². The van der Waals surface area contributed by atoms with E-state index >= 15 is 0 Å². The lowest BCUT2D eigenvalue weighted by Gasteiger charge is -2.34. The highest BCUT2D eigenvalue weighted by Gasteiger charge is 2.29. The van der Waals surface area contributed by atoms with Crippen LogP contribution in [0.5, 0.6) is 5.75 Å². The summed E-state index contributed by atoms with van der Waals surface area (Å²) < 4.78 is 15.8. The smallest absolute Gasteiger partial charge is 0.414 e. The third kappa shape index (κ3) is 6.84. The maximum absolute atomic E-state index is 12.4. The molecule has 2 atom stereocenters. The molecular weight excluding hydrogens is 426 g/mol. The molecule has 10 nitrogen and oxygen atoms in total. The summed E-state index contributed by atoms with van der Waals surface area (Å²) in [4.78, 5) is 33.3. The number of amides is 2. The molecule has 0 unspecified atom stereocenters. The van der Waals surface area contributed by atoms with E-state index in [1.807, 2.05) is 26.8 Å². The summed E-state index contributed by atoms with van der Waals surface area (Å²) in [6.45, 7) is 7.47. The van der Waals surface area contributed by atoms with Gasteiger partial charge in [-0.3, -0.25) is 5.32 Å². The molecule has 0 spiro atoms. The van der Waals surface area contributed by atoms with Crippen LogP contribution in [0.4, 0.5) is 21.4 Å². The Morgan fingerprint density at radius 2 is 1.82 bits per heavy atom. The summed E-state index contributed by atoms with van der Waals surface area (Å²) in [5.74, 6) is 1.32. The number of rotatable bonds is 6. The van der Waals surface area contributed by atoms with Crippen molar-refractivity contribution in [2.75, 3.05) is 24.4 Å². The molecule has 1 aromatic heterocycles. The van der Waals surface area contributed by atoms with Crippen molar-refractivity contribution < 1.29 is 23.8 Å². The molecule has 33 heavy (non-hydrogen) atoms. The quantitative estimate of drug-likeness (QED) is 0.579. The molecule has 2 amide bonds. The first-order valence-corrected chi connectivity index (χ1v) is 11.2. The molecule has 1 aliphatic carbocycles. The van der Waals surface area contributed by atoms with Crippen LogP contribution in [-0.4, -0.2) is 53.6 Å². The molecule has 0 saturated heterocycles. The van der Waals surface area contributed by atoms with E-state index < -0.39 is 17.8 Å².